The van der Waals surface area contributed by atoms with Gasteiger partial charge in [-0.3, -0.25) is 5.32 Å². The van der Waals surface area contributed by atoms with E-state index < -0.39 is 43.4 Å². The monoisotopic (exact) mass is 213 g/mol. The molecule has 7 heteroatoms. The van der Waals surface area contributed by atoms with Gasteiger partial charge in [-0.05, 0) is 0 Å². The number of hydrogen-bond acceptors (Lipinski definition) is 5. The lowest BCUT2D eigenvalue weighted by Crippen LogP contribution is -2.50. The van der Waals surface area contributed by atoms with Crippen LogP contribution in [-0.2, 0) is 0 Å². The number of rotatable bonds is 3. The van der Waals surface area contributed by atoms with Crippen LogP contribution < -0.4 is 5.32 Å². The van der Waals surface area contributed by atoms with Crippen molar-refractivity contribution in [2.75, 3.05) is 13.2 Å². The maximum Gasteiger partial charge on any atom is 0.288 e. The van der Waals surface area contributed by atoms with Crippen LogP contribution in [0.25, 0.3) is 0 Å². The van der Waals surface area contributed by atoms with E-state index in [-0.39, 0.29) is 0 Å². The van der Waals surface area contributed by atoms with Gasteiger partial charge in [-0.1, -0.05) is 0 Å². The Morgan fingerprint density at radius 3 is 2.07 bits per heavy atom. The molecular formula is C7H13F2NO4. The second-order valence-electron chi connectivity index (χ2n) is 3.33. The topological polar surface area (TPSA) is 93.0 Å². The van der Waals surface area contributed by atoms with Crippen molar-refractivity contribution in [3.8, 4) is 0 Å². The fourth-order valence-corrected chi connectivity index (χ4v) is 1.49. The van der Waals surface area contributed by atoms with Crippen molar-refractivity contribution in [1.29, 1.82) is 0 Å². The molecule has 1 fully saturated rings. The summed E-state index contributed by atoms with van der Waals surface area (Å²) in [6.45, 7) is -1.98. The second-order valence-corrected chi connectivity index (χ2v) is 3.33. The van der Waals surface area contributed by atoms with E-state index in [0.29, 0.717) is 0 Å². The van der Waals surface area contributed by atoms with E-state index in [1.807, 2.05) is 0 Å². The molecule has 1 saturated heterocycles. The Kier molecular flexibility index (Phi) is 3.38. The zero-order chi connectivity index (χ0) is 10.9. The highest BCUT2D eigenvalue weighted by Crippen LogP contribution is 2.27. The molecule has 0 saturated carbocycles. The Labute approximate surface area is 79.0 Å². The van der Waals surface area contributed by atoms with Gasteiger partial charge < -0.3 is 20.4 Å². The smallest absolute Gasteiger partial charge is 0.288 e. The first-order valence-corrected chi connectivity index (χ1v) is 4.15. The van der Waals surface area contributed by atoms with Crippen molar-refractivity contribution in [3.05, 3.63) is 0 Å². The summed E-state index contributed by atoms with van der Waals surface area (Å²) in [5.74, 6) is -3.52. The molecule has 1 rings (SSSR count). The maximum atomic E-state index is 12.9. The van der Waals surface area contributed by atoms with Crippen LogP contribution in [0.1, 0.15) is 0 Å². The summed E-state index contributed by atoms with van der Waals surface area (Å²) in [5, 5.41) is 37.6. The molecule has 84 valence electrons. The molecule has 5 nitrogen and oxygen atoms in total. The van der Waals surface area contributed by atoms with Gasteiger partial charge in [0.2, 0.25) is 0 Å². The van der Waals surface area contributed by atoms with Crippen LogP contribution in [0.15, 0.2) is 0 Å². The first-order chi connectivity index (χ1) is 6.44. The fourth-order valence-electron chi connectivity index (χ4n) is 1.49. The van der Waals surface area contributed by atoms with Crippen LogP contribution in [0.3, 0.4) is 0 Å². The molecule has 0 spiro atoms. The molecule has 1 aliphatic rings. The van der Waals surface area contributed by atoms with Gasteiger partial charge >= 0.3 is 0 Å². The first-order valence-electron chi connectivity index (χ1n) is 4.15. The predicted molar refractivity (Wildman–Crippen MR) is 41.8 cm³/mol. The van der Waals surface area contributed by atoms with Crippen LogP contribution in [0.5, 0.6) is 0 Å². The van der Waals surface area contributed by atoms with Crippen LogP contribution >= 0.6 is 0 Å². The van der Waals surface area contributed by atoms with Crippen molar-refractivity contribution in [3.63, 3.8) is 0 Å². The Morgan fingerprint density at radius 1 is 1.14 bits per heavy atom. The highest BCUT2D eigenvalue weighted by molar-refractivity contribution is 5.03. The minimum atomic E-state index is -3.52. The molecule has 0 amide bonds. The molecule has 1 aliphatic heterocycles. The van der Waals surface area contributed by atoms with Gasteiger partial charge in [0.1, 0.15) is 18.8 Å². The Balaban J connectivity index is 2.74. The summed E-state index contributed by atoms with van der Waals surface area (Å²) in [5.41, 5.74) is 0. The van der Waals surface area contributed by atoms with Crippen molar-refractivity contribution in [2.45, 2.75) is 30.2 Å². The molecule has 0 aromatic carbocycles. The largest absolute Gasteiger partial charge is 0.395 e. The summed E-state index contributed by atoms with van der Waals surface area (Å²) < 4.78 is 25.9. The summed E-state index contributed by atoms with van der Waals surface area (Å²) in [4.78, 5) is 0. The average molecular weight is 213 g/mol. The molecule has 0 radical (unpaired) electrons. The molecule has 14 heavy (non-hydrogen) atoms. The van der Waals surface area contributed by atoms with Crippen molar-refractivity contribution < 1.29 is 29.2 Å². The normalized spacial score (nSPS) is 39.0. The number of nitrogens with one attached hydrogen (secondary N) is 1. The lowest BCUT2D eigenvalue weighted by molar-refractivity contribution is -0.108. The minimum absolute atomic E-state index is 0.559. The van der Waals surface area contributed by atoms with Gasteiger partial charge in [-0.15, -0.1) is 0 Å². The molecule has 5 N–H and O–H groups in total. The van der Waals surface area contributed by atoms with E-state index in [2.05, 4.69) is 5.32 Å². The standard InChI is InChI=1S/C7H13F2NO4/c8-7(9,2-12)6-5(14)4(13)3(1-11)10-6/h3-6,10-14H,1-2H2/t3-,4+,5-,6-/m1/s1. The van der Waals surface area contributed by atoms with Crippen molar-refractivity contribution >= 4 is 0 Å². The quantitative estimate of drug-likeness (QED) is 0.362. The molecule has 0 unspecified atom stereocenters. The molecule has 0 aromatic rings. The predicted octanol–water partition coefficient (Wildman–Crippen LogP) is -2.33. The number of alkyl halides is 2. The summed E-state index contributed by atoms with van der Waals surface area (Å²) in [6.07, 6.45) is -3.16. The lowest BCUT2D eigenvalue weighted by atomic mass is 10.0. The SMILES string of the molecule is OC[C@H]1N[C@@H](C(F)(F)CO)[C@H](O)[C@H]1O. The third kappa shape index (κ3) is 1.86. The number of halogens is 2. The van der Waals surface area contributed by atoms with Crippen LogP contribution in [0, 0.1) is 0 Å². The third-order valence-electron chi connectivity index (χ3n) is 2.36. The van der Waals surface area contributed by atoms with E-state index in [1.54, 1.807) is 0 Å². The van der Waals surface area contributed by atoms with Gasteiger partial charge in [0.15, 0.2) is 0 Å². The second kappa shape index (κ2) is 4.03. The molecule has 1 heterocycles. The fraction of sp³-hybridized carbons (Fsp3) is 1.00. The zero-order valence-electron chi connectivity index (χ0n) is 7.27. The molecular weight excluding hydrogens is 200 g/mol. The van der Waals surface area contributed by atoms with Crippen LogP contribution in [0.2, 0.25) is 0 Å². The van der Waals surface area contributed by atoms with Crippen LogP contribution in [0.4, 0.5) is 8.78 Å². The maximum absolute atomic E-state index is 12.9. The van der Waals surface area contributed by atoms with Crippen molar-refractivity contribution in [1.82, 2.24) is 5.32 Å². The Bertz CT molecular complexity index is 204. The number of aliphatic hydroxyl groups is 4. The molecule has 4 atom stereocenters. The summed E-state index contributed by atoms with van der Waals surface area (Å²) >= 11 is 0. The summed E-state index contributed by atoms with van der Waals surface area (Å²) in [6, 6.07) is -2.73. The Hall–Kier alpha value is -0.340. The van der Waals surface area contributed by atoms with Crippen LogP contribution in [-0.4, -0.2) is 63.9 Å². The summed E-state index contributed by atoms with van der Waals surface area (Å²) in [7, 11) is 0. The lowest BCUT2D eigenvalue weighted by Gasteiger charge is -2.24. The van der Waals surface area contributed by atoms with E-state index in [4.69, 9.17) is 10.2 Å². The number of aliphatic hydroxyl groups excluding tert-OH is 4. The van der Waals surface area contributed by atoms with E-state index >= 15 is 0 Å². The number of hydrogen-bond donors (Lipinski definition) is 5. The molecule has 0 aromatic heterocycles. The molecule has 0 bridgehead atoms. The third-order valence-corrected chi connectivity index (χ3v) is 2.36. The van der Waals surface area contributed by atoms with Gasteiger partial charge in [0.25, 0.3) is 5.92 Å². The Morgan fingerprint density at radius 2 is 1.71 bits per heavy atom. The van der Waals surface area contributed by atoms with E-state index in [1.165, 1.54) is 0 Å². The highest BCUT2D eigenvalue weighted by Gasteiger charge is 2.52. The molecule has 0 aliphatic carbocycles. The van der Waals surface area contributed by atoms with Gasteiger partial charge in [-0.25, -0.2) is 8.78 Å². The highest BCUT2D eigenvalue weighted by atomic mass is 19.3. The van der Waals surface area contributed by atoms with Gasteiger partial charge in [0.05, 0.1) is 18.8 Å². The minimum Gasteiger partial charge on any atom is -0.395 e. The average Bonchev–Trinajstić information content (AvgIpc) is 2.44. The van der Waals surface area contributed by atoms with Gasteiger partial charge in [-0.2, -0.15) is 0 Å². The van der Waals surface area contributed by atoms with E-state index in [9.17, 15) is 19.0 Å². The zero-order valence-corrected chi connectivity index (χ0v) is 7.27. The van der Waals surface area contributed by atoms with Crippen molar-refractivity contribution in [2.24, 2.45) is 0 Å². The first kappa shape index (κ1) is 11.7. The van der Waals surface area contributed by atoms with E-state index in [0.717, 1.165) is 0 Å². The van der Waals surface area contributed by atoms with Gasteiger partial charge in [0, 0.05) is 0 Å².